The first-order valence-corrected chi connectivity index (χ1v) is 5.26. The van der Waals surface area contributed by atoms with Crippen molar-refractivity contribution in [3.63, 3.8) is 0 Å². The van der Waals surface area contributed by atoms with Gasteiger partial charge in [0, 0.05) is 16.6 Å². The Labute approximate surface area is 89.2 Å². The molecule has 1 unspecified atom stereocenters. The van der Waals surface area contributed by atoms with Gasteiger partial charge in [-0.3, -0.25) is 0 Å². The van der Waals surface area contributed by atoms with Gasteiger partial charge in [0.1, 0.15) is 5.75 Å². The molecular weight excluding hydrogens is 198 g/mol. The Bertz CT molecular complexity index is 321. The Kier molecular flexibility index (Phi) is 2.94. The van der Waals surface area contributed by atoms with E-state index in [2.05, 4.69) is 5.32 Å². The third kappa shape index (κ3) is 1.72. The molecule has 14 heavy (non-hydrogen) atoms. The standard InChI is InChI=1S/C11H14ClNO/c1-14-10-6-2-4-8(12)11(10)9-5-3-7-13-9/h2,4,6,9,13H,3,5,7H2,1H3. The van der Waals surface area contributed by atoms with E-state index in [-0.39, 0.29) is 0 Å². The van der Waals surface area contributed by atoms with Crippen LogP contribution in [0.1, 0.15) is 24.4 Å². The van der Waals surface area contributed by atoms with E-state index in [1.54, 1.807) is 7.11 Å². The van der Waals surface area contributed by atoms with Crippen LogP contribution in [0.25, 0.3) is 0 Å². The largest absolute Gasteiger partial charge is 0.496 e. The molecule has 0 aliphatic carbocycles. The first-order chi connectivity index (χ1) is 6.83. The fourth-order valence-electron chi connectivity index (χ4n) is 1.96. The maximum absolute atomic E-state index is 6.17. The zero-order valence-electron chi connectivity index (χ0n) is 8.22. The van der Waals surface area contributed by atoms with Crippen molar-refractivity contribution in [1.82, 2.24) is 5.32 Å². The molecule has 3 heteroatoms. The van der Waals surface area contributed by atoms with Crippen molar-refractivity contribution in [3.05, 3.63) is 28.8 Å². The maximum Gasteiger partial charge on any atom is 0.125 e. The van der Waals surface area contributed by atoms with Crippen molar-refractivity contribution in [2.75, 3.05) is 13.7 Å². The topological polar surface area (TPSA) is 21.3 Å². The zero-order chi connectivity index (χ0) is 9.97. The van der Waals surface area contributed by atoms with Crippen molar-refractivity contribution < 1.29 is 4.74 Å². The highest BCUT2D eigenvalue weighted by Crippen LogP contribution is 2.35. The lowest BCUT2D eigenvalue weighted by atomic mass is 10.0. The summed E-state index contributed by atoms with van der Waals surface area (Å²) < 4.78 is 5.31. The summed E-state index contributed by atoms with van der Waals surface area (Å²) in [4.78, 5) is 0. The molecule has 76 valence electrons. The van der Waals surface area contributed by atoms with E-state index in [1.807, 2.05) is 18.2 Å². The fraction of sp³-hybridized carbons (Fsp3) is 0.455. The summed E-state index contributed by atoms with van der Waals surface area (Å²) in [6.07, 6.45) is 2.35. The van der Waals surface area contributed by atoms with Crippen LogP contribution >= 0.6 is 11.6 Å². The fourth-order valence-corrected chi connectivity index (χ4v) is 2.26. The molecule has 1 saturated heterocycles. The molecule has 2 rings (SSSR count). The van der Waals surface area contributed by atoms with Crippen LogP contribution in [0, 0.1) is 0 Å². The highest BCUT2D eigenvalue weighted by Gasteiger charge is 2.22. The minimum atomic E-state index is 0.360. The first kappa shape index (κ1) is 9.81. The quantitative estimate of drug-likeness (QED) is 0.813. The number of ether oxygens (including phenoxy) is 1. The number of rotatable bonds is 2. The lowest BCUT2D eigenvalue weighted by Crippen LogP contribution is -2.14. The lowest BCUT2D eigenvalue weighted by Gasteiger charge is -2.16. The van der Waals surface area contributed by atoms with Crippen LogP contribution in [-0.2, 0) is 0 Å². The highest BCUT2D eigenvalue weighted by molar-refractivity contribution is 6.31. The van der Waals surface area contributed by atoms with Crippen molar-refractivity contribution >= 4 is 11.6 Å². The third-order valence-corrected chi connectivity index (χ3v) is 2.97. The predicted octanol–water partition coefficient (Wildman–Crippen LogP) is 2.77. The number of hydrogen-bond donors (Lipinski definition) is 1. The van der Waals surface area contributed by atoms with E-state index in [0.717, 1.165) is 29.3 Å². The Morgan fingerprint density at radius 1 is 1.50 bits per heavy atom. The summed E-state index contributed by atoms with van der Waals surface area (Å²) in [7, 11) is 1.68. The van der Waals surface area contributed by atoms with Crippen LogP contribution < -0.4 is 10.1 Å². The normalized spacial score (nSPS) is 21.1. The molecule has 1 fully saturated rings. The summed E-state index contributed by atoms with van der Waals surface area (Å²) >= 11 is 6.17. The molecule has 0 bridgehead atoms. The van der Waals surface area contributed by atoms with Gasteiger partial charge < -0.3 is 10.1 Å². The summed E-state index contributed by atoms with van der Waals surface area (Å²) in [5.41, 5.74) is 1.11. The van der Waals surface area contributed by atoms with Crippen molar-refractivity contribution in [2.45, 2.75) is 18.9 Å². The zero-order valence-corrected chi connectivity index (χ0v) is 8.97. The molecule has 1 heterocycles. The second kappa shape index (κ2) is 4.20. The van der Waals surface area contributed by atoms with Crippen LogP contribution in [0.4, 0.5) is 0 Å². The molecule has 1 N–H and O–H groups in total. The average molecular weight is 212 g/mol. The molecule has 1 aromatic rings. The molecule has 0 spiro atoms. The van der Waals surface area contributed by atoms with E-state index >= 15 is 0 Å². The second-order valence-corrected chi connectivity index (χ2v) is 3.91. The number of nitrogens with one attached hydrogen (secondary N) is 1. The number of hydrogen-bond acceptors (Lipinski definition) is 2. The van der Waals surface area contributed by atoms with Gasteiger partial charge in [0.15, 0.2) is 0 Å². The summed E-state index contributed by atoms with van der Waals surface area (Å²) in [5, 5.41) is 4.22. The van der Waals surface area contributed by atoms with Crippen molar-refractivity contribution in [3.8, 4) is 5.75 Å². The minimum Gasteiger partial charge on any atom is -0.496 e. The number of methoxy groups -OCH3 is 1. The molecule has 0 aromatic heterocycles. The van der Waals surface area contributed by atoms with Gasteiger partial charge in [-0.25, -0.2) is 0 Å². The van der Waals surface area contributed by atoms with Crippen LogP contribution in [-0.4, -0.2) is 13.7 Å². The predicted molar refractivity (Wildman–Crippen MR) is 58.0 cm³/mol. The van der Waals surface area contributed by atoms with Gasteiger partial charge in [-0.2, -0.15) is 0 Å². The van der Waals surface area contributed by atoms with Crippen molar-refractivity contribution in [2.24, 2.45) is 0 Å². The van der Waals surface area contributed by atoms with Gasteiger partial charge in [0.05, 0.1) is 7.11 Å². The Morgan fingerprint density at radius 2 is 2.36 bits per heavy atom. The van der Waals surface area contributed by atoms with E-state index in [0.29, 0.717) is 6.04 Å². The molecule has 1 aromatic carbocycles. The Hall–Kier alpha value is -0.730. The van der Waals surface area contributed by atoms with Gasteiger partial charge >= 0.3 is 0 Å². The van der Waals surface area contributed by atoms with Gasteiger partial charge in [0.25, 0.3) is 0 Å². The molecule has 2 nitrogen and oxygen atoms in total. The molecule has 1 aliphatic rings. The van der Waals surface area contributed by atoms with Crippen LogP contribution in [0.15, 0.2) is 18.2 Å². The third-order valence-electron chi connectivity index (χ3n) is 2.64. The smallest absolute Gasteiger partial charge is 0.125 e. The second-order valence-electron chi connectivity index (χ2n) is 3.50. The van der Waals surface area contributed by atoms with Crippen LogP contribution in [0.5, 0.6) is 5.75 Å². The first-order valence-electron chi connectivity index (χ1n) is 4.88. The Morgan fingerprint density at radius 3 is 3.00 bits per heavy atom. The summed E-state index contributed by atoms with van der Waals surface area (Å²) in [5.74, 6) is 0.886. The average Bonchev–Trinajstić information content (AvgIpc) is 2.70. The van der Waals surface area contributed by atoms with Crippen LogP contribution in [0.3, 0.4) is 0 Å². The highest BCUT2D eigenvalue weighted by atomic mass is 35.5. The van der Waals surface area contributed by atoms with E-state index in [9.17, 15) is 0 Å². The molecule has 0 saturated carbocycles. The van der Waals surface area contributed by atoms with Crippen molar-refractivity contribution in [1.29, 1.82) is 0 Å². The minimum absolute atomic E-state index is 0.360. The van der Waals surface area contributed by atoms with E-state index < -0.39 is 0 Å². The maximum atomic E-state index is 6.17. The number of halogens is 1. The Balaban J connectivity index is 2.37. The molecule has 0 radical (unpaired) electrons. The van der Waals surface area contributed by atoms with E-state index in [1.165, 1.54) is 6.42 Å². The molecule has 1 atom stereocenters. The van der Waals surface area contributed by atoms with Crippen LogP contribution in [0.2, 0.25) is 5.02 Å². The SMILES string of the molecule is COc1cccc(Cl)c1C1CCCN1. The lowest BCUT2D eigenvalue weighted by molar-refractivity contribution is 0.403. The van der Waals surface area contributed by atoms with E-state index in [4.69, 9.17) is 16.3 Å². The van der Waals surface area contributed by atoms with Gasteiger partial charge in [-0.1, -0.05) is 17.7 Å². The molecule has 1 aliphatic heterocycles. The molecular formula is C11H14ClNO. The number of benzene rings is 1. The molecule has 0 amide bonds. The van der Waals surface area contributed by atoms with Gasteiger partial charge in [0.2, 0.25) is 0 Å². The summed E-state index contributed by atoms with van der Waals surface area (Å²) in [6, 6.07) is 6.15. The van der Waals surface area contributed by atoms with Gasteiger partial charge in [-0.15, -0.1) is 0 Å². The van der Waals surface area contributed by atoms with Gasteiger partial charge in [-0.05, 0) is 31.5 Å². The monoisotopic (exact) mass is 211 g/mol. The summed E-state index contributed by atoms with van der Waals surface area (Å²) in [6.45, 7) is 1.07.